The van der Waals surface area contributed by atoms with Crippen LogP contribution in [-0.2, 0) is 0 Å². The number of nitrogens with zero attached hydrogens (tertiary/aromatic N) is 2. The second-order valence-corrected chi connectivity index (χ2v) is 4.31. The summed E-state index contributed by atoms with van der Waals surface area (Å²) < 4.78 is 0. The predicted octanol–water partition coefficient (Wildman–Crippen LogP) is 3.89. The van der Waals surface area contributed by atoms with Crippen molar-refractivity contribution in [2.24, 2.45) is 0 Å². The lowest BCUT2D eigenvalue weighted by molar-refractivity contribution is 1.29. The van der Waals surface area contributed by atoms with Gasteiger partial charge in [0.15, 0.2) is 0 Å². The predicted molar refractivity (Wildman–Crippen MR) is 68.9 cm³/mol. The number of halogens is 1. The third-order valence-corrected chi connectivity index (χ3v) is 2.99. The molecule has 0 fully saturated rings. The second-order valence-electron chi connectivity index (χ2n) is 3.95. The molecule has 2 aromatic rings. The van der Waals surface area contributed by atoms with E-state index >= 15 is 0 Å². The zero-order valence-electron chi connectivity index (χ0n) is 9.66. The molecule has 0 atom stereocenters. The Morgan fingerprint density at radius 3 is 2.65 bits per heavy atom. The van der Waals surface area contributed by atoms with E-state index in [0.717, 1.165) is 22.3 Å². The first-order valence-electron chi connectivity index (χ1n) is 5.25. The Kier molecular flexibility index (Phi) is 3.12. The summed E-state index contributed by atoms with van der Waals surface area (Å²) in [6.45, 7) is 4.04. The lowest BCUT2D eigenvalue weighted by Gasteiger charge is -2.09. The maximum Gasteiger partial charge on any atom is 0.147 e. The van der Waals surface area contributed by atoms with Gasteiger partial charge in [-0.3, -0.25) is 0 Å². The van der Waals surface area contributed by atoms with Crippen LogP contribution >= 0.6 is 11.6 Å². The number of rotatable bonds is 1. The van der Waals surface area contributed by atoms with Crippen LogP contribution in [0.1, 0.15) is 16.7 Å². The van der Waals surface area contributed by atoms with Crippen LogP contribution in [0, 0.1) is 25.2 Å². The normalized spacial score (nSPS) is 10.0. The quantitative estimate of drug-likeness (QED) is 0.712. The zero-order valence-corrected chi connectivity index (χ0v) is 10.4. The first kappa shape index (κ1) is 11.6. The van der Waals surface area contributed by atoms with Gasteiger partial charge in [0.2, 0.25) is 0 Å². The summed E-state index contributed by atoms with van der Waals surface area (Å²) in [4.78, 5) is 3.93. The highest BCUT2D eigenvalue weighted by Gasteiger charge is 2.11. The van der Waals surface area contributed by atoms with Gasteiger partial charge in [-0.1, -0.05) is 35.4 Å². The lowest BCUT2D eigenvalue weighted by Crippen LogP contribution is -1.91. The van der Waals surface area contributed by atoms with Crippen molar-refractivity contribution in [1.82, 2.24) is 4.98 Å². The van der Waals surface area contributed by atoms with Crippen LogP contribution in [0.5, 0.6) is 0 Å². The number of pyridine rings is 1. The highest BCUT2D eigenvalue weighted by Crippen LogP contribution is 2.30. The first-order chi connectivity index (χ1) is 8.13. The molecule has 1 aromatic carbocycles. The van der Waals surface area contributed by atoms with Gasteiger partial charge in [0.05, 0.1) is 5.56 Å². The summed E-state index contributed by atoms with van der Waals surface area (Å²) in [5.74, 6) is 0. The van der Waals surface area contributed by atoms with Crippen molar-refractivity contribution in [3.63, 3.8) is 0 Å². The van der Waals surface area contributed by atoms with Crippen molar-refractivity contribution >= 4 is 11.6 Å². The van der Waals surface area contributed by atoms with Crippen LogP contribution in [0.25, 0.3) is 11.1 Å². The number of aryl methyl sites for hydroxylation is 2. The lowest BCUT2D eigenvalue weighted by atomic mass is 9.96. The molecule has 0 spiro atoms. The summed E-state index contributed by atoms with van der Waals surface area (Å²) in [5.41, 5.74) is 4.58. The van der Waals surface area contributed by atoms with E-state index in [1.807, 2.05) is 32.0 Å². The molecule has 0 radical (unpaired) electrons. The number of hydrogen-bond donors (Lipinski definition) is 0. The van der Waals surface area contributed by atoms with Gasteiger partial charge in [0.1, 0.15) is 11.2 Å². The van der Waals surface area contributed by atoms with Crippen molar-refractivity contribution in [3.8, 4) is 17.2 Å². The largest absolute Gasteiger partial charge is 0.243 e. The molecule has 2 rings (SSSR count). The van der Waals surface area contributed by atoms with E-state index in [-0.39, 0.29) is 5.15 Å². The van der Waals surface area contributed by atoms with E-state index in [2.05, 4.69) is 17.1 Å². The van der Waals surface area contributed by atoms with Gasteiger partial charge in [0.25, 0.3) is 0 Å². The molecule has 0 aliphatic heterocycles. The molecule has 1 heterocycles. The molecule has 3 heteroatoms. The first-order valence-corrected chi connectivity index (χ1v) is 5.63. The molecule has 84 valence electrons. The average molecular weight is 243 g/mol. The molecular weight excluding hydrogens is 232 g/mol. The highest BCUT2D eigenvalue weighted by molar-refractivity contribution is 6.31. The number of nitriles is 1. The summed E-state index contributed by atoms with van der Waals surface area (Å²) in [7, 11) is 0. The van der Waals surface area contributed by atoms with E-state index in [4.69, 9.17) is 16.9 Å². The smallest absolute Gasteiger partial charge is 0.147 e. The molecule has 0 N–H and O–H groups in total. The highest BCUT2D eigenvalue weighted by atomic mass is 35.5. The molecular formula is C14H11ClN2. The van der Waals surface area contributed by atoms with Gasteiger partial charge < -0.3 is 0 Å². The van der Waals surface area contributed by atoms with E-state index in [9.17, 15) is 0 Å². The van der Waals surface area contributed by atoms with Gasteiger partial charge in [0, 0.05) is 11.8 Å². The van der Waals surface area contributed by atoms with Crippen LogP contribution in [-0.4, -0.2) is 4.98 Å². The Balaban J connectivity index is 2.73. The van der Waals surface area contributed by atoms with E-state index < -0.39 is 0 Å². The van der Waals surface area contributed by atoms with Crippen molar-refractivity contribution in [2.45, 2.75) is 13.8 Å². The SMILES string of the molecule is Cc1ccc(C)c(-c2ccnc(Cl)c2C#N)c1. The topological polar surface area (TPSA) is 36.7 Å². The Morgan fingerprint density at radius 2 is 1.94 bits per heavy atom. The van der Waals surface area contributed by atoms with Crippen molar-refractivity contribution in [1.29, 1.82) is 5.26 Å². The molecule has 17 heavy (non-hydrogen) atoms. The molecule has 0 saturated heterocycles. The molecule has 1 aromatic heterocycles. The maximum atomic E-state index is 9.15. The Hall–Kier alpha value is -1.85. The molecule has 0 saturated carbocycles. The molecule has 0 unspecified atom stereocenters. The van der Waals surface area contributed by atoms with Gasteiger partial charge in [-0.05, 0) is 31.0 Å². The van der Waals surface area contributed by atoms with E-state index in [1.54, 1.807) is 6.20 Å². The Labute approximate surface area is 105 Å². The third-order valence-electron chi connectivity index (χ3n) is 2.70. The molecule has 0 amide bonds. The monoisotopic (exact) mass is 242 g/mol. The minimum atomic E-state index is 0.255. The Bertz CT molecular complexity index is 612. The fourth-order valence-corrected chi connectivity index (χ4v) is 1.99. The molecule has 2 nitrogen and oxygen atoms in total. The Morgan fingerprint density at radius 1 is 1.18 bits per heavy atom. The van der Waals surface area contributed by atoms with Gasteiger partial charge in [-0.15, -0.1) is 0 Å². The van der Waals surface area contributed by atoms with Crippen molar-refractivity contribution in [2.75, 3.05) is 0 Å². The van der Waals surface area contributed by atoms with Gasteiger partial charge in [-0.2, -0.15) is 5.26 Å². The van der Waals surface area contributed by atoms with Crippen molar-refractivity contribution in [3.05, 3.63) is 52.3 Å². The number of aromatic nitrogens is 1. The minimum absolute atomic E-state index is 0.255. The van der Waals surface area contributed by atoms with Crippen molar-refractivity contribution < 1.29 is 0 Å². The molecule has 0 aliphatic carbocycles. The van der Waals surface area contributed by atoms with E-state index in [1.165, 1.54) is 0 Å². The van der Waals surface area contributed by atoms with E-state index in [0.29, 0.717) is 5.56 Å². The van der Waals surface area contributed by atoms with Crippen LogP contribution in [0.15, 0.2) is 30.5 Å². The van der Waals surface area contributed by atoms with Crippen LogP contribution in [0.4, 0.5) is 0 Å². The zero-order chi connectivity index (χ0) is 12.4. The third kappa shape index (κ3) is 2.15. The fourth-order valence-electron chi connectivity index (χ4n) is 1.79. The minimum Gasteiger partial charge on any atom is -0.243 e. The second kappa shape index (κ2) is 4.57. The average Bonchev–Trinajstić information content (AvgIpc) is 2.32. The maximum absolute atomic E-state index is 9.15. The standard InChI is InChI=1S/C14H11ClN2/c1-9-3-4-10(2)12(7-9)11-5-6-17-14(15)13(11)8-16/h3-7H,1-2H3. The summed E-state index contributed by atoms with van der Waals surface area (Å²) >= 11 is 5.94. The molecule has 0 bridgehead atoms. The summed E-state index contributed by atoms with van der Waals surface area (Å²) in [6, 6.07) is 10.1. The summed E-state index contributed by atoms with van der Waals surface area (Å²) in [5, 5.41) is 9.40. The number of hydrogen-bond acceptors (Lipinski definition) is 2. The number of benzene rings is 1. The molecule has 0 aliphatic rings. The fraction of sp³-hybridized carbons (Fsp3) is 0.143. The summed E-state index contributed by atoms with van der Waals surface area (Å²) in [6.07, 6.45) is 1.63. The van der Waals surface area contributed by atoms with Gasteiger partial charge >= 0.3 is 0 Å². The van der Waals surface area contributed by atoms with Gasteiger partial charge in [-0.25, -0.2) is 4.98 Å². The van der Waals surface area contributed by atoms with Crippen LogP contribution in [0.2, 0.25) is 5.15 Å². The van der Waals surface area contributed by atoms with Crippen LogP contribution in [0.3, 0.4) is 0 Å². The van der Waals surface area contributed by atoms with Crippen LogP contribution < -0.4 is 0 Å².